The van der Waals surface area contributed by atoms with Crippen LogP contribution in [-0.2, 0) is 16.0 Å². The zero-order valence-electron chi connectivity index (χ0n) is 15.6. The lowest BCUT2D eigenvalue weighted by Crippen LogP contribution is -2.43. The van der Waals surface area contributed by atoms with E-state index in [2.05, 4.69) is 22.3 Å². The average Bonchev–Trinajstić information content (AvgIpc) is 2.71. The Bertz CT molecular complexity index is 700. The van der Waals surface area contributed by atoms with Gasteiger partial charge < -0.3 is 10.1 Å². The van der Waals surface area contributed by atoms with E-state index in [9.17, 15) is 4.79 Å². The first-order chi connectivity index (χ1) is 13.2. The fourth-order valence-corrected chi connectivity index (χ4v) is 3.55. The second-order valence-electron chi connectivity index (χ2n) is 6.86. The van der Waals surface area contributed by atoms with Crippen molar-refractivity contribution in [2.45, 2.75) is 25.3 Å². The lowest BCUT2D eigenvalue weighted by atomic mass is 10.0. The lowest BCUT2D eigenvalue weighted by Gasteiger charge is -2.35. The highest BCUT2D eigenvalue weighted by molar-refractivity contribution is 6.30. The Hall–Kier alpha value is -1.88. The van der Waals surface area contributed by atoms with Crippen LogP contribution in [-0.4, -0.2) is 43.7 Å². The highest BCUT2D eigenvalue weighted by Crippen LogP contribution is 2.23. The summed E-state index contributed by atoms with van der Waals surface area (Å²) in [5.74, 6) is 0.109. The molecule has 1 atom stereocenters. The van der Waals surface area contributed by atoms with Crippen molar-refractivity contribution in [1.82, 2.24) is 10.2 Å². The van der Waals surface area contributed by atoms with Crippen LogP contribution in [0.4, 0.5) is 0 Å². The highest BCUT2D eigenvalue weighted by Gasteiger charge is 2.23. The van der Waals surface area contributed by atoms with Gasteiger partial charge in [0.15, 0.2) is 0 Å². The van der Waals surface area contributed by atoms with Crippen LogP contribution in [0.25, 0.3) is 0 Å². The van der Waals surface area contributed by atoms with Gasteiger partial charge >= 0.3 is 0 Å². The number of nitrogens with one attached hydrogen (secondary N) is 1. The minimum atomic E-state index is 0.109. The molecule has 3 rings (SSSR count). The number of carbonyl (C=O) groups is 1. The van der Waals surface area contributed by atoms with Crippen molar-refractivity contribution >= 4 is 17.5 Å². The summed E-state index contributed by atoms with van der Waals surface area (Å²) in [6.07, 6.45) is 2.34. The zero-order valence-corrected chi connectivity index (χ0v) is 16.3. The standard InChI is InChI=1S/C22H27ClN2O2/c23-20-11-9-19(10-12-20)21(25-13-15-27-16-14-25)17-24-22(26)8-4-7-18-5-2-1-3-6-18/h1-3,5-6,9-12,21H,4,7-8,13-17H2,(H,24,26). The number of nitrogens with zero attached hydrogens (tertiary/aromatic N) is 1. The second kappa shape index (κ2) is 10.5. The fourth-order valence-electron chi connectivity index (χ4n) is 3.43. The van der Waals surface area contributed by atoms with Crippen molar-refractivity contribution < 1.29 is 9.53 Å². The number of halogens is 1. The number of hydrogen-bond donors (Lipinski definition) is 1. The molecule has 0 bridgehead atoms. The van der Waals surface area contributed by atoms with Gasteiger partial charge in [-0.05, 0) is 36.1 Å². The minimum Gasteiger partial charge on any atom is -0.379 e. The van der Waals surface area contributed by atoms with E-state index >= 15 is 0 Å². The molecule has 1 aliphatic rings. The van der Waals surface area contributed by atoms with E-state index < -0.39 is 0 Å². The summed E-state index contributed by atoms with van der Waals surface area (Å²) >= 11 is 6.03. The summed E-state index contributed by atoms with van der Waals surface area (Å²) < 4.78 is 5.48. The van der Waals surface area contributed by atoms with Gasteiger partial charge in [-0.2, -0.15) is 0 Å². The topological polar surface area (TPSA) is 41.6 Å². The summed E-state index contributed by atoms with van der Waals surface area (Å²) in [6, 6.07) is 18.3. The van der Waals surface area contributed by atoms with E-state index in [4.69, 9.17) is 16.3 Å². The van der Waals surface area contributed by atoms with Crippen LogP contribution < -0.4 is 5.32 Å². The molecule has 2 aromatic rings. The molecule has 1 heterocycles. The number of morpholine rings is 1. The van der Waals surface area contributed by atoms with Crippen LogP contribution in [0.2, 0.25) is 5.02 Å². The molecule has 144 valence electrons. The molecule has 0 aromatic heterocycles. The molecule has 1 unspecified atom stereocenters. The summed E-state index contributed by atoms with van der Waals surface area (Å²) in [6.45, 7) is 3.81. The summed E-state index contributed by atoms with van der Waals surface area (Å²) in [5, 5.41) is 3.85. The van der Waals surface area contributed by atoms with Crippen LogP contribution >= 0.6 is 11.6 Å². The molecule has 1 saturated heterocycles. The molecule has 0 radical (unpaired) electrons. The van der Waals surface area contributed by atoms with E-state index in [0.29, 0.717) is 13.0 Å². The van der Waals surface area contributed by atoms with Crippen molar-refractivity contribution in [2.24, 2.45) is 0 Å². The fraction of sp³-hybridized carbons (Fsp3) is 0.409. The maximum absolute atomic E-state index is 12.3. The molecule has 5 heteroatoms. The third-order valence-corrected chi connectivity index (χ3v) is 5.20. The molecule has 0 spiro atoms. The van der Waals surface area contributed by atoms with E-state index in [1.165, 1.54) is 11.1 Å². The van der Waals surface area contributed by atoms with Gasteiger partial charge in [0.05, 0.1) is 19.3 Å². The average molecular weight is 387 g/mol. The van der Waals surface area contributed by atoms with E-state index in [1.807, 2.05) is 42.5 Å². The van der Waals surface area contributed by atoms with Gasteiger partial charge in [0.25, 0.3) is 0 Å². The lowest BCUT2D eigenvalue weighted by molar-refractivity contribution is -0.121. The number of carbonyl (C=O) groups excluding carboxylic acids is 1. The maximum Gasteiger partial charge on any atom is 0.220 e. The van der Waals surface area contributed by atoms with Gasteiger partial charge in [0.1, 0.15) is 0 Å². The Balaban J connectivity index is 1.52. The van der Waals surface area contributed by atoms with Crippen LogP contribution in [0.1, 0.15) is 30.0 Å². The first-order valence-corrected chi connectivity index (χ1v) is 9.98. The predicted octanol–water partition coefficient (Wildman–Crippen LogP) is 3.85. The van der Waals surface area contributed by atoms with E-state index in [-0.39, 0.29) is 11.9 Å². The first kappa shape index (κ1) is 19.9. The summed E-state index contributed by atoms with van der Waals surface area (Å²) in [4.78, 5) is 14.7. The molecule has 1 amide bonds. The third-order valence-electron chi connectivity index (χ3n) is 4.95. The molecule has 2 aromatic carbocycles. The Morgan fingerprint density at radius 2 is 1.78 bits per heavy atom. The van der Waals surface area contributed by atoms with Gasteiger partial charge in [-0.1, -0.05) is 54.1 Å². The third kappa shape index (κ3) is 6.35. The quantitative estimate of drug-likeness (QED) is 0.749. The van der Waals surface area contributed by atoms with Crippen LogP contribution in [0.3, 0.4) is 0 Å². The molecule has 1 N–H and O–H groups in total. The number of ether oxygens (including phenoxy) is 1. The Kier molecular flexibility index (Phi) is 7.69. The molecular weight excluding hydrogens is 360 g/mol. The first-order valence-electron chi connectivity index (χ1n) is 9.60. The van der Waals surface area contributed by atoms with Gasteiger partial charge in [-0.3, -0.25) is 9.69 Å². The zero-order chi connectivity index (χ0) is 18.9. The Labute approximate surface area is 166 Å². The molecular formula is C22H27ClN2O2. The molecule has 0 saturated carbocycles. The van der Waals surface area contributed by atoms with Gasteiger partial charge in [-0.15, -0.1) is 0 Å². The summed E-state index contributed by atoms with van der Waals surface area (Å²) in [5.41, 5.74) is 2.45. The van der Waals surface area contributed by atoms with E-state index in [0.717, 1.165) is 44.2 Å². The van der Waals surface area contributed by atoms with Gasteiger partial charge in [0.2, 0.25) is 5.91 Å². The molecule has 0 aliphatic carbocycles. The van der Waals surface area contributed by atoms with Crippen LogP contribution in [0.5, 0.6) is 0 Å². The van der Waals surface area contributed by atoms with Crippen molar-refractivity contribution in [1.29, 1.82) is 0 Å². The van der Waals surface area contributed by atoms with Crippen molar-refractivity contribution in [2.75, 3.05) is 32.8 Å². The smallest absolute Gasteiger partial charge is 0.220 e. The SMILES string of the molecule is O=C(CCCc1ccccc1)NCC(c1ccc(Cl)cc1)N1CCOCC1. The van der Waals surface area contributed by atoms with E-state index in [1.54, 1.807) is 0 Å². The second-order valence-corrected chi connectivity index (χ2v) is 7.30. The molecule has 27 heavy (non-hydrogen) atoms. The predicted molar refractivity (Wildman–Crippen MR) is 109 cm³/mol. The number of rotatable bonds is 8. The largest absolute Gasteiger partial charge is 0.379 e. The normalized spacial score (nSPS) is 16.0. The van der Waals surface area contributed by atoms with Crippen molar-refractivity contribution in [3.63, 3.8) is 0 Å². The number of aryl methyl sites for hydroxylation is 1. The maximum atomic E-state index is 12.3. The van der Waals surface area contributed by atoms with Gasteiger partial charge in [0, 0.05) is 31.1 Å². The van der Waals surface area contributed by atoms with Crippen LogP contribution in [0.15, 0.2) is 54.6 Å². The molecule has 1 fully saturated rings. The number of hydrogen-bond acceptors (Lipinski definition) is 3. The minimum absolute atomic E-state index is 0.109. The summed E-state index contributed by atoms with van der Waals surface area (Å²) in [7, 11) is 0. The Morgan fingerprint density at radius 3 is 2.48 bits per heavy atom. The number of benzene rings is 2. The van der Waals surface area contributed by atoms with Crippen molar-refractivity contribution in [3.05, 3.63) is 70.7 Å². The highest BCUT2D eigenvalue weighted by atomic mass is 35.5. The van der Waals surface area contributed by atoms with Crippen LogP contribution in [0, 0.1) is 0 Å². The Morgan fingerprint density at radius 1 is 1.07 bits per heavy atom. The molecule has 1 aliphatic heterocycles. The molecule has 4 nitrogen and oxygen atoms in total. The monoisotopic (exact) mass is 386 g/mol. The van der Waals surface area contributed by atoms with Gasteiger partial charge in [-0.25, -0.2) is 0 Å². The number of amides is 1. The van der Waals surface area contributed by atoms with Crippen molar-refractivity contribution in [3.8, 4) is 0 Å².